The van der Waals surface area contributed by atoms with Crippen molar-refractivity contribution in [1.29, 1.82) is 0 Å². The molecule has 0 fully saturated rings. The third-order valence-electron chi connectivity index (χ3n) is 5.36. The fourth-order valence-corrected chi connectivity index (χ4v) is 3.85. The minimum absolute atomic E-state index is 0.0455. The van der Waals surface area contributed by atoms with Gasteiger partial charge in [-0.3, -0.25) is 14.5 Å². The molecule has 0 aromatic heterocycles. The molecule has 1 heterocycles. The second-order valence-electron chi connectivity index (χ2n) is 8.42. The van der Waals surface area contributed by atoms with E-state index in [2.05, 4.69) is 0 Å². The molecule has 3 rings (SSSR count). The first kappa shape index (κ1) is 22.7. The SMILES string of the molecule is COc1ccc(C2C(C(=O)C(C)(C)C)=C(O)C(=O)N2c2cccc(Cl)c2C)cc1OC. The van der Waals surface area contributed by atoms with Gasteiger partial charge in [0.1, 0.15) is 0 Å². The maximum atomic E-state index is 13.3. The van der Waals surface area contributed by atoms with Crippen LogP contribution in [0.3, 0.4) is 0 Å². The van der Waals surface area contributed by atoms with E-state index in [0.29, 0.717) is 33.3 Å². The Morgan fingerprint density at radius 1 is 1.10 bits per heavy atom. The maximum absolute atomic E-state index is 13.3. The number of hydrogen-bond acceptors (Lipinski definition) is 5. The summed E-state index contributed by atoms with van der Waals surface area (Å²) in [7, 11) is 3.04. The van der Waals surface area contributed by atoms with Crippen LogP contribution >= 0.6 is 11.6 Å². The van der Waals surface area contributed by atoms with Crippen molar-refractivity contribution in [1.82, 2.24) is 0 Å². The van der Waals surface area contributed by atoms with Crippen molar-refractivity contribution in [2.45, 2.75) is 33.7 Å². The first-order chi connectivity index (χ1) is 14.5. The van der Waals surface area contributed by atoms with Gasteiger partial charge in [-0.25, -0.2) is 0 Å². The predicted molar refractivity (Wildman–Crippen MR) is 120 cm³/mol. The summed E-state index contributed by atoms with van der Waals surface area (Å²) in [6.07, 6.45) is 0. The Kier molecular flexibility index (Phi) is 6.05. The minimum Gasteiger partial charge on any atom is -0.503 e. The second-order valence-corrected chi connectivity index (χ2v) is 8.82. The van der Waals surface area contributed by atoms with Crippen LogP contribution in [0.2, 0.25) is 5.02 Å². The standard InChI is InChI=1S/C24H26ClNO5/c1-13-15(25)8-7-9-16(13)26-20(14-10-11-17(30-5)18(12-14)31-6)19(21(27)23(26)29)22(28)24(2,3)4/h7-12,20,27H,1-6H3. The molecule has 2 aromatic carbocycles. The van der Waals surface area contributed by atoms with E-state index in [9.17, 15) is 14.7 Å². The van der Waals surface area contributed by atoms with Gasteiger partial charge < -0.3 is 14.6 Å². The molecule has 1 aliphatic rings. The number of Topliss-reactive ketones (excluding diaryl/α,β-unsaturated/α-hetero) is 1. The average Bonchev–Trinajstić information content (AvgIpc) is 2.99. The van der Waals surface area contributed by atoms with Crippen molar-refractivity contribution in [2.24, 2.45) is 5.41 Å². The van der Waals surface area contributed by atoms with Gasteiger partial charge in [0.15, 0.2) is 23.0 Å². The lowest BCUT2D eigenvalue weighted by Crippen LogP contribution is -2.33. The second kappa shape index (κ2) is 8.27. The van der Waals surface area contributed by atoms with E-state index in [0.717, 1.165) is 0 Å². The number of nitrogens with zero attached hydrogens (tertiary/aromatic N) is 1. The van der Waals surface area contributed by atoms with Gasteiger partial charge in [0.2, 0.25) is 0 Å². The minimum atomic E-state index is -0.851. The lowest BCUT2D eigenvalue weighted by atomic mass is 9.82. The highest BCUT2D eigenvalue weighted by atomic mass is 35.5. The number of amides is 1. The summed E-state index contributed by atoms with van der Waals surface area (Å²) in [5, 5.41) is 11.3. The van der Waals surface area contributed by atoms with Crippen molar-refractivity contribution in [2.75, 3.05) is 19.1 Å². The van der Waals surface area contributed by atoms with Crippen LogP contribution < -0.4 is 14.4 Å². The van der Waals surface area contributed by atoms with Gasteiger partial charge >= 0.3 is 0 Å². The molecule has 0 spiro atoms. The average molecular weight is 444 g/mol. The monoisotopic (exact) mass is 443 g/mol. The topological polar surface area (TPSA) is 76.1 Å². The Morgan fingerprint density at radius 2 is 1.74 bits per heavy atom. The Balaban J connectivity index is 2.29. The molecule has 0 aliphatic carbocycles. The molecule has 1 unspecified atom stereocenters. The van der Waals surface area contributed by atoms with E-state index in [1.54, 1.807) is 64.1 Å². The van der Waals surface area contributed by atoms with Crippen LogP contribution in [0.25, 0.3) is 0 Å². The first-order valence-electron chi connectivity index (χ1n) is 9.81. The van der Waals surface area contributed by atoms with Crippen molar-refractivity contribution >= 4 is 29.0 Å². The Morgan fingerprint density at radius 3 is 2.32 bits per heavy atom. The maximum Gasteiger partial charge on any atom is 0.294 e. The summed E-state index contributed by atoms with van der Waals surface area (Å²) >= 11 is 6.31. The Bertz CT molecular complexity index is 1080. The molecule has 2 aromatic rings. The van der Waals surface area contributed by atoms with Crippen LogP contribution in [0.1, 0.15) is 37.9 Å². The van der Waals surface area contributed by atoms with Gasteiger partial charge in [-0.05, 0) is 42.3 Å². The van der Waals surface area contributed by atoms with Crippen LogP contribution in [0, 0.1) is 12.3 Å². The zero-order valence-electron chi connectivity index (χ0n) is 18.4. The lowest BCUT2D eigenvalue weighted by molar-refractivity contribution is -0.123. The molecule has 0 saturated carbocycles. The van der Waals surface area contributed by atoms with Crippen molar-refractivity contribution in [3.63, 3.8) is 0 Å². The number of aliphatic hydroxyl groups is 1. The largest absolute Gasteiger partial charge is 0.503 e. The van der Waals surface area contributed by atoms with Crippen LogP contribution in [0.15, 0.2) is 47.7 Å². The number of benzene rings is 2. The van der Waals surface area contributed by atoms with Crippen molar-refractivity contribution in [3.8, 4) is 11.5 Å². The third kappa shape index (κ3) is 3.88. The molecule has 0 saturated heterocycles. The van der Waals surface area contributed by atoms with Gasteiger partial charge in [-0.1, -0.05) is 44.5 Å². The van der Waals surface area contributed by atoms with Gasteiger partial charge in [0.05, 0.1) is 25.8 Å². The molecular weight excluding hydrogens is 418 g/mol. The number of hydrogen-bond donors (Lipinski definition) is 1. The highest BCUT2D eigenvalue weighted by Gasteiger charge is 2.47. The Labute approximate surface area is 187 Å². The van der Waals surface area contributed by atoms with E-state index in [1.165, 1.54) is 19.1 Å². The molecule has 1 N–H and O–H groups in total. The van der Waals surface area contributed by atoms with Gasteiger partial charge in [0.25, 0.3) is 5.91 Å². The van der Waals surface area contributed by atoms with E-state index >= 15 is 0 Å². The first-order valence-corrected chi connectivity index (χ1v) is 10.2. The van der Waals surface area contributed by atoms with Crippen LogP contribution in [-0.2, 0) is 9.59 Å². The van der Waals surface area contributed by atoms with Crippen LogP contribution in [-0.4, -0.2) is 31.0 Å². The Hall–Kier alpha value is -2.99. The van der Waals surface area contributed by atoms with Gasteiger partial charge in [0, 0.05) is 16.1 Å². The van der Waals surface area contributed by atoms with Crippen LogP contribution in [0.4, 0.5) is 5.69 Å². The molecule has 0 radical (unpaired) electrons. The summed E-state index contributed by atoms with van der Waals surface area (Å²) in [5.74, 6) is -0.570. The molecule has 0 bridgehead atoms. The van der Waals surface area contributed by atoms with Crippen LogP contribution in [0.5, 0.6) is 11.5 Å². The predicted octanol–water partition coefficient (Wildman–Crippen LogP) is 5.18. The molecule has 1 atom stereocenters. The number of aliphatic hydroxyl groups excluding tert-OH is 1. The number of halogens is 1. The highest BCUT2D eigenvalue weighted by molar-refractivity contribution is 6.32. The summed E-state index contributed by atoms with van der Waals surface area (Å²) in [6.45, 7) is 7.04. The summed E-state index contributed by atoms with van der Waals surface area (Å²) in [6, 6.07) is 9.50. The third-order valence-corrected chi connectivity index (χ3v) is 5.77. The molecule has 6 nitrogen and oxygen atoms in total. The highest BCUT2D eigenvalue weighted by Crippen LogP contribution is 2.46. The van der Waals surface area contributed by atoms with E-state index in [4.69, 9.17) is 21.1 Å². The quantitative estimate of drug-likeness (QED) is 0.688. The van der Waals surface area contributed by atoms with Gasteiger partial charge in [-0.15, -0.1) is 0 Å². The summed E-state index contributed by atoms with van der Waals surface area (Å²) in [4.78, 5) is 28.0. The summed E-state index contributed by atoms with van der Waals surface area (Å²) in [5.41, 5.74) is 1.02. The number of ketones is 1. The van der Waals surface area contributed by atoms with E-state index in [-0.39, 0.29) is 11.4 Å². The molecule has 164 valence electrons. The van der Waals surface area contributed by atoms with E-state index in [1.807, 2.05) is 0 Å². The van der Waals surface area contributed by atoms with Gasteiger partial charge in [-0.2, -0.15) is 0 Å². The smallest absolute Gasteiger partial charge is 0.294 e. The zero-order valence-corrected chi connectivity index (χ0v) is 19.2. The fraction of sp³-hybridized carbons (Fsp3) is 0.333. The number of methoxy groups -OCH3 is 2. The fourth-order valence-electron chi connectivity index (χ4n) is 3.69. The molecule has 1 aliphatic heterocycles. The molecular formula is C24H26ClNO5. The molecule has 31 heavy (non-hydrogen) atoms. The number of rotatable bonds is 5. The normalized spacial score (nSPS) is 16.7. The number of anilines is 1. The molecule has 7 heteroatoms. The summed E-state index contributed by atoms with van der Waals surface area (Å²) < 4.78 is 10.7. The number of carbonyl (C=O) groups excluding carboxylic acids is 2. The van der Waals surface area contributed by atoms with Crippen molar-refractivity contribution < 1.29 is 24.2 Å². The number of ether oxygens (including phenoxy) is 2. The lowest BCUT2D eigenvalue weighted by Gasteiger charge is -2.30. The van der Waals surface area contributed by atoms with Crippen molar-refractivity contribution in [3.05, 3.63) is 63.9 Å². The van der Waals surface area contributed by atoms with E-state index < -0.39 is 23.1 Å². The number of carbonyl (C=O) groups is 2. The zero-order chi connectivity index (χ0) is 23.1. The molecule has 1 amide bonds.